The van der Waals surface area contributed by atoms with Crippen LogP contribution in [0.15, 0.2) is 65.9 Å². The summed E-state index contributed by atoms with van der Waals surface area (Å²) in [5.41, 5.74) is 1.76. The first-order valence-corrected chi connectivity index (χ1v) is 11.6. The van der Waals surface area contributed by atoms with Crippen molar-refractivity contribution in [1.29, 1.82) is 0 Å². The van der Waals surface area contributed by atoms with E-state index in [0.717, 1.165) is 17.1 Å². The molecule has 0 fully saturated rings. The summed E-state index contributed by atoms with van der Waals surface area (Å²) in [6.45, 7) is 5.08. The molecule has 0 saturated carbocycles. The van der Waals surface area contributed by atoms with Gasteiger partial charge in [0.05, 0.1) is 11.9 Å². The molecular formula is C20H22N8OS. The van der Waals surface area contributed by atoms with Crippen LogP contribution in [0.3, 0.4) is 0 Å². The molecule has 0 unspecified atom stereocenters. The molecule has 4 rings (SSSR count). The first-order chi connectivity index (χ1) is 14.4. The molecular weight excluding hydrogens is 400 g/mol. The van der Waals surface area contributed by atoms with Gasteiger partial charge in [-0.1, -0.05) is 12.1 Å². The summed E-state index contributed by atoms with van der Waals surface area (Å²) in [7, 11) is -2.32. The third-order valence-corrected chi connectivity index (χ3v) is 4.81. The van der Waals surface area contributed by atoms with E-state index in [9.17, 15) is 4.21 Å². The summed E-state index contributed by atoms with van der Waals surface area (Å²) >= 11 is 0. The van der Waals surface area contributed by atoms with Crippen LogP contribution in [0.2, 0.25) is 0 Å². The van der Waals surface area contributed by atoms with Gasteiger partial charge in [-0.25, -0.2) is 24.2 Å². The van der Waals surface area contributed by atoms with Gasteiger partial charge in [0.15, 0.2) is 17.5 Å². The lowest BCUT2D eigenvalue weighted by Crippen LogP contribution is -2.34. The van der Waals surface area contributed by atoms with Gasteiger partial charge < -0.3 is 5.32 Å². The number of hydrogen-bond donors (Lipinski definition) is 1. The second-order valence-electron chi connectivity index (χ2n) is 6.98. The average molecular weight is 423 g/mol. The van der Waals surface area contributed by atoms with E-state index in [1.54, 1.807) is 37.2 Å². The molecule has 1 aliphatic heterocycles. The van der Waals surface area contributed by atoms with E-state index in [0.29, 0.717) is 30.7 Å². The summed E-state index contributed by atoms with van der Waals surface area (Å²) in [5.74, 6) is 2.22. The Hall–Kier alpha value is -3.37. The van der Waals surface area contributed by atoms with Crippen molar-refractivity contribution in [2.24, 2.45) is 4.36 Å². The number of anilines is 4. The predicted molar refractivity (Wildman–Crippen MR) is 119 cm³/mol. The Balaban J connectivity index is 1.74. The van der Waals surface area contributed by atoms with Crippen LogP contribution >= 0.6 is 0 Å². The van der Waals surface area contributed by atoms with Crippen molar-refractivity contribution in [2.45, 2.75) is 6.54 Å². The third kappa shape index (κ3) is 4.44. The lowest BCUT2D eigenvalue weighted by Gasteiger charge is -2.27. The number of rotatable bonds is 6. The molecule has 0 aliphatic carbocycles. The van der Waals surface area contributed by atoms with E-state index in [1.165, 1.54) is 0 Å². The molecule has 4 heterocycles. The minimum absolute atomic E-state index is 0.414. The smallest absolute Gasteiger partial charge is 0.229 e. The Morgan fingerprint density at radius 3 is 2.83 bits per heavy atom. The highest BCUT2D eigenvalue weighted by Gasteiger charge is 2.31. The zero-order valence-corrected chi connectivity index (χ0v) is 17.6. The predicted octanol–water partition coefficient (Wildman–Crippen LogP) is 3.42. The number of fused-ring (bicyclic) bond motifs is 1. The number of aromatic nitrogens is 4. The Kier molecular flexibility index (Phi) is 5.42. The number of nitrogens with one attached hydrogen (secondary N) is 1. The van der Waals surface area contributed by atoms with Gasteiger partial charge in [-0.05, 0) is 24.3 Å². The van der Waals surface area contributed by atoms with Gasteiger partial charge in [0.2, 0.25) is 5.95 Å². The van der Waals surface area contributed by atoms with Crippen molar-refractivity contribution < 1.29 is 4.21 Å². The summed E-state index contributed by atoms with van der Waals surface area (Å²) in [6.07, 6.45) is 10.2. The number of nitrogens with zero attached hydrogens (tertiary/aromatic N) is 7. The maximum Gasteiger partial charge on any atom is 0.229 e. The largest absolute Gasteiger partial charge is 0.323 e. The van der Waals surface area contributed by atoms with Crippen molar-refractivity contribution in [3.8, 4) is 0 Å². The Labute approximate surface area is 175 Å². The molecule has 0 aromatic carbocycles. The maximum absolute atomic E-state index is 12.1. The molecule has 3 aromatic rings. The average Bonchev–Trinajstić information content (AvgIpc) is 3.05. The molecule has 10 heteroatoms. The maximum atomic E-state index is 12.1. The van der Waals surface area contributed by atoms with Gasteiger partial charge in [0.25, 0.3) is 0 Å². The molecule has 3 aromatic heterocycles. The summed E-state index contributed by atoms with van der Waals surface area (Å²) in [6, 6.07) is 9.18. The summed E-state index contributed by atoms with van der Waals surface area (Å²) in [5, 5.41) is 7.14. The van der Waals surface area contributed by atoms with Crippen LogP contribution in [0.1, 0.15) is 5.56 Å². The van der Waals surface area contributed by atoms with Crippen LogP contribution in [0, 0.1) is 0 Å². The Morgan fingerprint density at radius 1 is 1.23 bits per heavy atom. The molecule has 30 heavy (non-hydrogen) atoms. The van der Waals surface area contributed by atoms with E-state index in [-0.39, 0.29) is 0 Å². The van der Waals surface area contributed by atoms with Gasteiger partial charge in [-0.3, -0.25) is 4.98 Å². The number of pyridine rings is 2. The summed E-state index contributed by atoms with van der Waals surface area (Å²) < 4.78 is 16.3. The first kappa shape index (κ1) is 19.9. The first-order valence-electron chi connectivity index (χ1n) is 9.26. The second-order valence-corrected chi connectivity index (χ2v) is 9.53. The fourth-order valence-corrected chi connectivity index (χ4v) is 3.63. The fraction of sp³-hybridized carbons (Fsp3) is 0.200. The van der Waals surface area contributed by atoms with Crippen LogP contribution < -0.4 is 10.3 Å². The van der Waals surface area contributed by atoms with Crippen molar-refractivity contribution in [3.63, 3.8) is 0 Å². The standard InChI is InChI=1S/C20H22N8OS/c1-4-11-27-14-15-12-22-20(23-16-7-6-10-21-13-16)25-19(15)28(27)18-9-5-8-17(24-18)26-30(2,3)29/h4-10,12-13H,1,11,14H2,2-3H3,(H,22,23,25). The molecule has 0 spiro atoms. The molecule has 154 valence electrons. The molecule has 9 nitrogen and oxygen atoms in total. The van der Waals surface area contributed by atoms with Gasteiger partial charge >= 0.3 is 0 Å². The van der Waals surface area contributed by atoms with E-state index in [2.05, 4.69) is 36.2 Å². The molecule has 1 N–H and O–H groups in total. The lowest BCUT2D eigenvalue weighted by atomic mass is 10.3. The second kappa shape index (κ2) is 8.17. The molecule has 0 atom stereocenters. The van der Waals surface area contributed by atoms with E-state index < -0.39 is 9.73 Å². The van der Waals surface area contributed by atoms with E-state index in [1.807, 2.05) is 35.4 Å². The summed E-state index contributed by atoms with van der Waals surface area (Å²) in [4.78, 5) is 17.8. The lowest BCUT2D eigenvalue weighted by molar-refractivity contribution is 0.322. The van der Waals surface area contributed by atoms with Crippen molar-refractivity contribution in [3.05, 3.63) is 67.1 Å². The fourth-order valence-electron chi connectivity index (χ4n) is 3.07. The minimum atomic E-state index is -2.32. The highest BCUT2D eigenvalue weighted by molar-refractivity contribution is 7.92. The molecule has 0 bridgehead atoms. The quantitative estimate of drug-likeness (QED) is 0.603. The van der Waals surface area contributed by atoms with Crippen LogP contribution in [0.4, 0.5) is 29.1 Å². The Morgan fingerprint density at radius 2 is 2.10 bits per heavy atom. The molecule has 0 radical (unpaired) electrons. The van der Waals surface area contributed by atoms with Crippen LogP contribution in [-0.4, -0.2) is 48.2 Å². The van der Waals surface area contributed by atoms with E-state index >= 15 is 0 Å². The Bertz CT molecular complexity index is 1180. The van der Waals surface area contributed by atoms with Gasteiger partial charge in [-0.15, -0.1) is 6.58 Å². The van der Waals surface area contributed by atoms with E-state index in [4.69, 9.17) is 4.98 Å². The number of hydrazine groups is 1. The van der Waals surface area contributed by atoms with Crippen LogP contribution in [0.25, 0.3) is 0 Å². The molecule has 0 saturated heterocycles. The topological polar surface area (TPSA) is 99.5 Å². The number of hydrogen-bond acceptors (Lipinski definition) is 9. The zero-order valence-electron chi connectivity index (χ0n) is 16.8. The SMILES string of the molecule is C=CCN1Cc2cnc(Nc3cccnc3)nc2N1c1cccc(N=S(C)(C)=O)n1. The van der Waals surface area contributed by atoms with Gasteiger partial charge in [0, 0.05) is 53.3 Å². The van der Waals surface area contributed by atoms with Crippen molar-refractivity contribution in [1.82, 2.24) is 24.9 Å². The monoisotopic (exact) mass is 422 g/mol. The van der Waals surface area contributed by atoms with Crippen LogP contribution in [-0.2, 0) is 16.3 Å². The highest BCUT2D eigenvalue weighted by Crippen LogP contribution is 2.36. The van der Waals surface area contributed by atoms with Gasteiger partial charge in [0.1, 0.15) is 0 Å². The zero-order chi connectivity index (χ0) is 21.1. The molecule has 1 aliphatic rings. The minimum Gasteiger partial charge on any atom is -0.323 e. The molecule has 0 amide bonds. The van der Waals surface area contributed by atoms with Crippen molar-refractivity contribution in [2.75, 3.05) is 29.4 Å². The van der Waals surface area contributed by atoms with Crippen molar-refractivity contribution >= 4 is 38.8 Å². The third-order valence-electron chi connectivity index (χ3n) is 4.19. The van der Waals surface area contributed by atoms with Crippen LogP contribution in [0.5, 0.6) is 0 Å². The van der Waals surface area contributed by atoms with Gasteiger partial charge in [-0.2, -0.15) is 9.35 Å². The normalized spacial score (nSPS) is 13.7. The highest BCUT2D eigenvalue weighted by atomic mass is 32.2.